The van der Waals surface area contributed by atoms with E-state index in [1.165, 1.54) is 24.1 Å². The third-order valence-corrected chi connectivity index (χ3v) is 10.4. The number of sulfonamides is 1. The molecule has 2 amide bonds. The molecule has 9 nitrogen and oxygen atoms in total. The molecule has 0 aromatic heterocycles. The molecule has 1 aliphatic carbocycles. The smallest absolute Gasteiger partial charge is 0.264 e. The topological polar surface area (TPSA) is 105 Å². The average molecular weight is 670 g/mol. The molecule has 1 atom stereocenters. The average Bonchev–Trinajstić information content (AvgIpc) is 3.13. The first-order chi connectivity index (χ1) is 23.3. The van der Waals surface area contributed by atoms with Crippen LogP contribution in [-0.4, -0.2) is 58.0 Å². The summed E-state index contributed by atoms with van der Waals surface area (Å²) in [7, 11) is -1.22. The van der Waals surface area contributed by atoms with Crippen LogP contribution in [0.4, 0.5) is 5.69 Å². The second kappa shape index (κ2) is 16.3. The molecule has 0 spiro atoms. The molecule has 0 radical (unpaired) electrons. The molecular weight excluding hydrogens is 627 g/mol. The van der Waals surface area contributed by atoms with E-state index < -0.39 is 28.5 Å². The first-order valence-electron chi connectivity index (χ1n) is 16.3. The van der Waals surface area contributed by atoms with Gasteiger partial charge in [0.05, 0.1) is 24.8 Å². The van der Waals surface area contributed by atoms with Gasteiger partial charge in [0.25, 0.3) is 10.0 Å². The Morgan fingerprint density at radius 1 is 0.792 bits per heavy atom. The molecule has 1 N–H and O–H groups in total. The van der Waals surface area contributed by atoms with Crippen molar-refractivity contribution in [3.63, 3.8) is 0 Å². The highest BCUT2D eigenvalue weighted by molar-refractivity contribution is 7.92. The summed E-state index contributed by atoms with van der Waals surface area (Å²) in [6, 6.07) is 30.6. The van der Waals surface area contributed by atoms with Gasteiger partial charge in [0, 0.05) is 19.0 Å². The van der Waals surface area contributed by atoms with Crippen LogP contribution in [0.25, 0.3) is 0 Å². The number of rotatable bonds is 14. The van der Waals surface area contributed by atoms with Gasteiger partial charge in [-0.25, -0.2) is 8.42 Å². The molecule has 5 rings (SSSR count). The maximum Gasteiger partial charge on any atom is 0.264 e. The van der Waals surface area contributed by atoms with Gasteiger partial charge in [-0.3, -0.25) is 13.9 Å². The number of methoxy groups -OCH3 is 2. The van der Waals surface area contributed by atoms with Crippen LogP contribution >= 0.6 is 0 Å². The number of nitrogens with zero attached hydrogens (tertiary/aromatic N) is 2. The minimum absolute atomic E-state index is 0.0156. The Labute approximate surface area is 283 Å². The van der Waals surface area contributed by atoms with Crippen molar-refractivity contribution in [2.45, 2.75) is 62.0 Å². The highest BCUT2D eigenvalue weighted by atomic mass is 32.2. The van der Waals surface area contributed by atoms with Gasteiger partial charge in [0.15, 0.2) is 0 Å². The fourth-order valence-corrected chi connectivity index (χ4v) is 7.58. The number of para-hydroxylation sites is 2. The third kappa shape index (κ3) is 8.55. The number of nitrogens with one attached hydrogen (secondary N) is 1. The number of amides is 2. The predicted molar refractivity (Wildman–Crippen MR) is 186 cm³/mol. The molecule has 48 heavy (non-hydrogen) atoms. The van der Waals surface area contributed by atoms with Gasteiger partial charge in [0.2, 0.25) is 11.8 Å². The zero-order chi connectivity index (χ0) is 33.9. The Morgan fingerprint density at radius 2 is 1.44 bits per heavy atom. The van der Waals surface area contributed by atoms with E-state index in [1.54, 1.807) is 49.6 Å². The zero-order valence-corrected chi connectivity index (χ0v) is 28.3. The molecule has 10 heteroatoms. The minimum Gasteiger partial charge on any atom is -0.497 e. The minimum atomic E-state index is -4.24. The van der Waals surface area contributed by atoms with E-state index in [4.69, 9.17) is 9.47 Å². The summed E-state index contributed by atoms with van der Waals surface area (Å²) in [4.78, 5) is 30.6. The molecule has 0 bridgehead atoms. The first-order valence-corrected chi connectivity index (χ1v) is 17.7. The lowest BCUT2D eigenvalue weighted by atomic mass is 9.94. The molecule has 0 saturated heterocycles. The van der Waals surface area contributed by atoms with Crippen molar-refractivity contribution in [3.8, 4) is 11.5 Å². The van der Waals surface area contributed by atoms with Crippen LogP contribution in [0.3, 0.4) is 0 Å². The maximum absolute atomic E-state index is 14.8. The van der Waals surface area contributed by atoms with Gasteiger partial charge in [-0.05, 0) is 60.4 Å². The SMILES string of the molecule is COc1cccc(CN(C(=O)CN(c2ccccc2OC)S(=O)(=O)c2ccccc2)[C@@H](Cc2ccccc2)C(=O)NC2CCCCC2)c1. The molecule has 252 valence electrons. The maximum atomic E-state index is 14.8. The number of benzene rings is 4. The van der Waals surface area contributed by atoms with Gasteiger partial charge in [-0.15, -0.1) is 0 Å². The van der Waals surface area contributed by atoms with Crippen LogP contribution in [0, 0.1) is 0 Å². The molecule has 0 unspecified atom stereocenters. The van der Waals surface area contributed by atoms with E-state index in [0.29, 0.717) is 11.5 Å². The predicted octanol–water partition coefficient (Wildman–Crippen LogP) is 5.99. The molecule has 4 aromatic rings. The van der Waals surface area contributed by atoms with E-state index in [-0.39, 0.29) is 35.5 Å². The Hall–Kier alpha value is -4.83. The van der Waals surface area contributed by atoms with E-state index in [9.17, 15) is 18.0 Å². The lowest BCUT2D eigenvalue weighted by Gasteiger charge is -2.35. The van der Waals surface area contributed by atoms with Crippen LogP contribution < -0.4 is 19.1 Å². The molecule has 1 saturated carbocycles. The highest BCUT2D eigenvalue weighted by Gasteiger charge is 2.36. The molecule has 0 heterocycles. The number of carbonyl (C=O) groups is 2. The number of carbonyl (C=O) groups excluding carboxylic acids is 2. The molecule has 0 aliphatic heterocycles. The molecule has 1 fully saturated rings. The Bertz CT molecular complexity index is 1760. The summed E-state index contributed by atoms with van der Waals surface area (Å²) < 4.78 is 40.6. The summed E-state index contributed by atoms with van der Waals surface area (Å²) in [5, 5.41) is 3.23. The van der Waals surface area contributed by atoms with Crippen LogP contribution in [0.5, 0.6) is 11.5 Å². The Balaban J connectivity index is 1.59. The quantitative estimate of drug-likeness (QED) is 0.177. The van der Waals surface area contributed by atoms with Crippen molar-refractivity contribution in [2.75, 3.05) is 25.1 Å². The van der Waals surface area contributed by atoms with Crippen LogP contribution in [0.15, 0.2) is 114 Å². The summed E-state index contributed by atoms with van der Waals surface area (Å²) >= 11 is 0. The van der Waals surface area contributed by atoms with E-state index >= 15 is 0 Å². The Kier molecular flexibility index (Phi) is 11.7. The number of ether oxygens (including phenoxy) is 2. The van der Waals surface area contributed by atoms with E-state index in [1.807, 2.05) is 54.6 Å². The van der Waals surface area contributed by atoms with Crippen molar-refractivity contribution in [1.29, 1.82) is 0 Å². The fraction of sp³-hybridized carbons (Fsp3) is 0.316. The molecule has 4 aromatic carbocycles. The van der Waals surface area contributed by atoms with Gasteiger partial charge in [-0.2, -0.15) is 0 Å². The summed E-state index contributed by atoms with van der Waals surface area (Å²) in [6.45, 7) is -0.514. The number of hydrogen-bond acceptors (Lipinski definition) is 6. The first kappa shape index (κ1) is 34.5. The Morgan fingerprint density at radius 3 is 2.12 bits per heavy atom. The number of hydrogen-bond donors (Lipinski definition) is 1. The lowest BCUT2D eigenvalue weighted by Crippen LogP contribution is -2.55. The van der Waals surface area contributed by atoms with Crippen molar-refractivity contribution in [2.24, 2.45) is 0 Å². The number of anilines is 1. The normalized spacial score (nSPS) is 14.0. The standard InChI is InChI=1S/C38H43N3O6S/c1-46-32-20-14-17-30(25-32)27-40(35(26-29-15-6-3-7-16-29)38(43)39-31-18-8-4-9-19-31)37(42)28-41(34-23-12-13-24-36(34)47-2)48(44,45)33-21-10-5-11-22-33/h3,5-7,10-17,20-25,31,35H,4,8-9,18-19,26-28H2,1-2H3,(H,39,43)/t35-/m0/s1. The van der Waals surface area contributed by atoms with Crippen molar-refractivity contribution < 1.29 is 27.5 Å². The van der Waals surface area contributed by atoms with Gasteiger partial charge < -0.3 is 19.7 Å². The second-order valence-corrected chi connectivity index (χ2v) is 13.8. The summed E-state index contributed by atoms with van der Waals surface area (Å²) in [5.41, 5.74) is 1.83. The largest absolute Gasteiger partial charge is 0.497 e. The monoisotopic (exact) mass is 669 g/mol. The van der Waals surface area contributed by atoms with Gasteiger partial charge in [0.1, 0.15) is 24.1 Å². The van der Waals surface area contributed by atoms with Crippen LogP contribution in [0.2, 0.25) is 0 Å². The summed E-state index contributed by atoms with van der Waals surface area (Å²) in [6.07, 6.45) is 5.21. The third-order valence-electron chi connectivity index (χ3n) is 8.67. The van der Waals surface area contributed by atoms with E-state index in [0.717, 1.165) is 47.5 Å². The molecular formula is C38H43N3O6S. The van der Waals surface area contributed by atoms with Crippen molar-refractivity contribution in [3.05, 3.63) is 120 Å². The van der Waals surface area contributed by atoms with Crippen molar-refractivity contribution in [1.82, 2.24) is 10.2 Å². The van der Waals surface area contributed by atoms with Gasteiger partial charge >= 0.3 is 0 Å². The van der Waals surface area contributed by atoms with Crippen LogP contribution in [0.1, 0.15) is 43.2 Å². The van der Waals surface area contributed by atoms with Gasteiger partial charge in [-0.1, -0.05) is 92.1 Å². The summed E-state index contributed by atoms with van der Waals surface area (Å²) in [5.74, 6) is 0.0909. The van der Waals surface area contributed by atoms with E-state index in [2.05, 4.69) is 5.32 Å². The van der Waals surface area contributed by atoms with Crippen LogP contribution in [-0.2, 0) is 32.6 Å². The zero-order valence-electron chi connectivity index (χ0n) is 27.5. The second-order valence-electron chi connectivity index (χ2n) is 11.9. The fourth-order valence-electron chi connectivity index (χ4n) is 6.13. The van der Waals surface area contributed by atoms with Crippen molar-refractivity contribution >= 4 is 27.5 Å². The molecule has 1 aliphatic rings. The highest BCUT2D eigenvalue weighted by Crippen LogP contribution is 2.33. The lowest BCUT2D eigenvalue weighted by molar-refractivity contribution is -0.140.